The number of hydrogen-bond acceptors (Lipinski definition) is 4. The zero-order chi connectivity index (χ0) is 17.1. The molecule has 0 radical (unpaired) electrons. The van der Waals surface area contributed by atoms with Crippen LogP contribution in [-0.4, -0.2) is 21.2 Å². The monoisotopic (exact) mass is 360 g/mol. The van der Waals surface area contributed by atoms with Crippen LogP contribution >= 0.6 is 22.9 Å². The lowest BCUT2D eigenvalue weighted by Gasteiger charge is -2.05. The average Bonchev–Trinajstić information content (AvgIpc) is 3.07. The van der Waals surface area contributed by atoms with Crippen LogP contribution in [0.1, 0.15) is 12.6 Å². The van der Waals surface area contributed by atoms with Crippen LogP contribution in [0, 0.1) is 0 Å². The van der Waals surface area contributed by atoms with Gasteiger partial charge in [0, 0.05) is 36.0 Å². The van der Waals surface area contributed by atoms with Gasteiger partial charge in [-0.05, 0) is 30.3 Å². The Hall–Kier alpha value is -2.64. The van der Waals surface area contributed by atoms with Crippen LogP contribution in [0.15, 0.2) is 41.9 Å². The van der Waals surface area contributed by atoms with E-state index in [1.165, 1.54) is 24.3 Å². The number of benzene rings is 1. The van der Waals surface area contributed by atoms with E-state index in [-0.39, 0.29) is 11.8 Å². The van der Waals surface area contributed by atoms with Gasteiger partial charge in [-0.3, -0.25) is 14.0 Å². The number of nitrogens with zero attached hydrogens (tertiary/aromatic N) is 2. The Balaban J connectivity index is 1.68. The van der Waals surface area contributed by atoms with E-state index in [2.05, 4.69) is 15.6 Å². The molecule has 0 bridgehead atoms. The molecule has 0 spiro atoms. The van der Waals surface area contributed by atoms with E-state index in [0.29, 0.717) is 22.2 Å². The molecule has 24 heavy (non-hydrogen) atoms. The first-order valence-corrected chi connectivity index (χ1v) is 8.26. The summed E-state index contributed by atoms with van der Waals surface area (Å²) < 4.78 is 1.82. The van der Waals surface area contributed by atoms with E-state index in [1.54, 1.807) is 30.3 Å². The summed E-state index contributed by atoms with van der Waals surface area (Å²) in [4.78, 5) is 28.0. The van der Waals surface area contributed by atoms with Gasteiger partial charge < -0.3 is 10.6 Å². The molecule has 122 valence electrons. The number of thiazole rings is 1. The van der Waals surface area contributed by atoms with Gasteiger partial charge in [-0.15, -0.1) is 11.3 Å². The second kappa shape index (κ2) is 6.86. The number of hydrogen-bond donors (Lipinski definition) is 2. The average molecular weight is 361 g/mol. The summed E-state index contributed by atoms with van der Waals surface area (Å²) in [5.41, 5.74) is 1.95. The van der Waals surface area contributed by atoms with Crippen LogP contribution in [0.2, 0.25) is 5.15 Å². The number of imidazole rings is 1. The van der Waals surface area contributed by atoms with Gasteiger partial charge in [0.1, 0.15) is 0 Å². The molecule has 8 heteroatoms. The van der Waals surface area contributed by atoms with Crippen molar-refractivity contribution in [3.05, 3.63) is 52.8 Å². The van der Waals surface area contributed by atoms with Crippen LogP contribution in [0.4, 0.5) is 11.4 Å². The van der Waals surface area contributed by atoms with Crippen molar-refractivity contribution in [2.45, 2.75) is 6.92 Å². The van der Waals surface area contributed by atoms with Crippen LogP contribution in [0.5, 0.6) is 0 Å². The van der Waals surface area contributed by atoms with Crippen molar-refractivity contribution in [2.75, 3.05) is 10.6 Å². The molecule has 0 aliphatic rings. The topological polar surface area (TPSA) is 75.5 Å². The first-order valence-electron chi connectivity index (χ1n) is 7.01. The first-order chi connectivity index (χ1) is 11.5. The first kappa shape index (κ1) is 16.2. The number of amides is 2. The molecule has 0 saturated carbocycles. The highest BCUT2D eigenvalue weighted by molar-refractivity contribution is 7.15. The summed E-state index contributed by atoms with van der Waals surface area (Å²) in [5, 5.41) is 7.65. The van der Waals surface area contributed by atoms with Gasteiger partial charge in [-0.1, -0.05) is 11.6 Å². The second-order valence-corrected chi connectivity index (χ2v) is 6.16. The molecular formula is C16H13ClN4O2S. The molecule has 0 unspecified atom stereocenters. The number of fused-ring (bicyclic) bond motifs is 1. The number of anilines is 2. The predicted octanol–water partition coefficient (Wildman–Crippen LogP) is 3.66. The molecular weight excluding hydrogens is 348 g/mol. The van der Waals surface area contributed by atoms with E-state index in [0.717, 1.165) is 4.96 Å². The Kier molecular flexibility index (Phi) is 4.64. The normalized spacial score (nSPS) is 11.1. The minimum atomic E-state index is -0.288. The number of carbonyl (C=O) groups excluding carboxylic acids is 2. The number of nitrogens with one attached hydrogen (secondary N) is 2. The number of carbonyl (C=O) groups is 2. The summed E-state index contributed by atoms with van der Waals surface area (Å²) in [6.45, 7) is 1.44. The minimum Gasteiger partial charge on any atom is -0.326 e. The molecule has 1 aromatic carbocycles. The molecule has 2 amide bonds. The van der Waals surface area contributed by atoms with Crippen molar-refractivity contribution in [1.29, 1.82) is 0 Å². The molecule has 0 atom stereocenters. The lowest BCUT2D eigenvalue weighted by molar-refractivity contribution is -0.114. The van der Waals surface area contributed by atoms with Crippen molar-refractivity contribution in [1.82, 2.24) is 9.38 Å². The minimum absolute atomic E-state index is 0.146. The molecule has 0 aliphatic carbocycles. The van der Waals surface area contributed by atoms with Crippen molar-refractivity contribution in [3.63, 3.8) is 0 Å². The predicted molar refractivity (Wildman–Crippen MR) is 96.5 cm³/mol. The van der Waals surface area contributed by atoms with Gasteiger partial charge in [-0.2, -0.15) is 0 Å². The van der Waals surface area contributed by atoms with Crippen LogP contribution in [-0.2, 0) is 9.59 Å². The summed E-state index contributed by atoms with van der Waals surface area (Å²) in [7, 11) is 0. The fourth-order valence-corrected chi connectivity index (χ4v) is 3.11. The SMILES string of the molecule is CC(=O)Nc1ccc(NC(=O)/C=C/c2c(Cl)nc3sccn23)cc1. The van der Waals surface area contributed by atoms with Crippen LogP contribution in [0.25, 0.3) is 11.0 Å². The summed E-state index contributed by atoms with van der Waals surface area (Å²) >= 11 is 7.54. The molecule has 0 fully saturated rings. The number of rotatable bonds is 4. The van der Waals surface area contributed by atoms with Gasteiger partial charge in [0.05, 0.1) is 5.69 Å². The van der Waals surface area contributed by atoms with E-state index >= 15 is 0 Å². The Bertz CT molecular complexity index is 927. The largest absolute Gasteiger partial charge is 0.326 e. The van der Waals surface area contributed by atoms with Gasteiger partial charge in [-0.25, -0.2) is 4.98 Å². The Morgan fingerprint density at radius 3 is 2.54 bits per heavy atom. The third-order valence-electron chi connectivity index (χ3n) is 3.12. The highest BCUT2D eigenvalue weighted by atomic mass is 35.5. The molecule has 2 aromatic heterocycles. The quantitative estimate of drug-likeness (QED) is 0.697. The van der Waals surface area contributed by atoms with Gasteiger partial charge >= 0.3 is 0 Å². The lowest BCUT2D eigenvalue weighted by atomic mass is 10.2. The van der Waals surface area contributed by atoms with Crippen molar-refractivity contribution in [3.8, 4) is 0 Å². The van der Waals surface area contributed by atoms with Crippen molar-refractivity contribution < 1.29 is 9.59 Å². The standard InChI is InChI=1S/C16H13ClN4O2S/c1-10(22)18-11-2-4-12(5-3-11)19-14(23)7-6-13-15(17)20-16-21(13)8-9-24-16/h2-9H,1H3,(H,18,22)(H,19,23)/b7-6+. The van der Waals surface area contributed by atoms with Crippen LogP contribution < -0.4 is 10.6 Å². The number of halogens is 1. The highest BCUT2D eigenvalue weighted by Gasteiger charge is 2.08. The van der Waals surface area contributed by atoms with Crippen molar-refractivity contribution >= 4 is 57.2 Å². The van der Waals surface area contributed by atoms with Gasteiger partial charge in [0.15, 0.2) is 10.1 Å². The smallest absolute Gasteiger partial charge is 0.248 e. The molecule has 2 N–H and O–H groups in total. The highest BCUT2D eigenvalue weighted by Crippen LogP contribution is 2.22. The van der Waals surface area contributed by atoms with E-state index in [4.69, 9.17) is 11.6 Å². The maximum atomic E-state index is 12.0. The van der Waals surface area contributed by atoms with Crippen LogP contribution in [0.3, 0.4) is 0 Å². The van der Waals surface area contributed by atoms with E-state index in [9.17, 15) is 9.59 Å². The Labute approximate surface area is 146 Å². The summed E-state index contributed by atoms with van der Waals surface area (Å²) in [5.74, 6) is -0.435. The second-order valence-electron chi connectivity index (χ2n) is 4.92. The molecule has 3 aromatic rings. The Morgan fingerprint density at radius 1 is 1.21 bits per heavy atom. The summed E-state index contributed by atoms with van der Waals surface area (Å²) in [6.07, 6.45) is 4.86. The fraction of sp³-hybridized carbons (Fsp3) is 0.0625. The molecule has 0 aliphatic heterocycles. The molecule has 2 heterocycles. The third kappa shape index (κ3) is 3.64. The fourth-order valence-electron chi connectivity index (χ4n) is 2.10. The third-order valence-corrected chi connectivity index (χ3v) is 4.15. The number of aromatic nitrogens is 2. The molecule has 0 saturated heterocycles. The lowest BCUT2D eigenvalue weighted by Crippen LogP contribution is -2.08. The zero-order valence-electron chi connectivity index (χ0n) is 12.6. The molecule has 3 rings (SSSR count). The zero-order valence-corrected chi connectivity index (χ0v) is 14.2. The molecule has 6 nitrogen and oxygen atoms in total. The maximum absolute atomic E-state index is 12.0. The summed E-state index contributed by atoms with van der Waals surface area (Å²) in [6, 6.07) is 6.84. The maximum Gasteiger partial charge on any atom is 0.248 e. The Morgan fingerprint density at radius 2 is 1.88 bits per heavy atom. The van der Waals surface area contributed by atoms with E-state index in [1.807, 2.05) is 16.0 Å². The van der Waals surface area contributed by atoms with E-state index < -0.39 is 0 Å². The van der Waals surface area contributed by atoms with Gasteiger partial charge in [0.2, 0.25) is 11.8 Å². The van der Waals surface area contributed by atoms with Gasteiger partial charge in [0.25, 0.3) is 0 Å². The van der Waals surface area contributed by atoms with Crippen molar-refractivity contribution in [2.24, 2.45) is 0 Å².